The number of amides is 2. The molecule has 1 aliphatic heterocycles. The molecule has 1 fully saturated rings. The Kier molecular flexibility index (Phi) is 6.12. The van der Waals surface area contributed by atoms with Gasteiger partial charge in [0.2, 0.25) is 0 Å². The molecule has 0 spiro atoms. The maximum absolute atomic E-state index is 12.3. The molecule has 0 aromatic heterocycles. The first-order chi connectivity index (χ1) is 12.5. The number of carbonyl (C=O) groups excluding carboxylic acids is 1. The van der Waals surface area contributed by atoms with Crippen LogP contribution < -0.4 is 15.0 Å². The van der Waals surface area contributed by atoms with Gasteiger partial charge in [0, 0.05) is 36.9 Å². The second-order valence-electron chi connectivity index (χ2n) is 6.16. The van der Waals surface area contributed by atoms with E-state index in [0.29, 0.717) is 28.9 Å². The summed E-state index contributed by atoms with van der Waals surface area (Å²) in [4.78, 5) is 16.4. The highest BCUT2D eigenvalue weighted by Crippen LogP contribution is 2.27. The van der Waals surface area contributed by atoms with Crippen LogP contribution in [0.1, 0.15) is 5.56 Å². The number of carbonyl (C=O) groups is 1. The van der Waals surface area contributed by atoms with E-state index in [2.05, 4.69) is 41.4 Å². The van der Waals surface area contributed by atoms with Crippen molar-refractivity contribution in [2.45, 2.75) is 6.92 Å². The summed E-state index contributed by atoms with van der Waals surface area (Å²) in [6.45, 7) is 5.09. The molecule has 5 nitrogen and oxygen atoms in total. The van der Waals surface area contributed by atoms with Gasteiger partial charge in [0.25, 0.3) is 0 Å². The highest BCUT2D eigenvalue weighted by atomic mass is 35.5. The Balaban J connectivity index is 1.45. The summed E-state index contributed by atoms with van der Waals surface area (Å²) in [6, 6.07) is 13.2. The molecule has 3 rings (SSSR count). The Labute approximate surface area is 163 Å². The zero-order valence-corrected chi connectivity index (χ0v) is 16.1. The second kappa shape index (κ2) is 8.52. The highest BCUT2D eigenvalue weighted by Gasteiger charge is 2.21. The topological polar surface area (TPSA) is 44.8 Å². The summed E-state index contributed by atoms with van der Waals surface area (Å²) < 4.78 is 5.50. The van der Waals surface area contributed by atoms with Crippen LogP contribution in [0.3, 0.4) is 0 Å². The number of ether oxygens (including phenoxy) is 1. The summed E-state index contributed by atoms with van der Waals surface area (Å²) in [5.74, 6) is 0.487. The van der Waals surface area contributed by atoms with E-state index in [0.717, 1.165) is 13.1 Å². The first kappa shape index (κ1) is 18.7. The van der Waals surface area contributed by atoms with E-state index in [-0.39, 0.29) is 12.8 Å². The van der Waals surface area contributed by atoms with Gasteiger partial charge in [0.05, 0.1) is 5.02 Å². The molecule has 0 saturated carbocycles. The van der Waals surface area contributed by atoms with Gasteiger partial charge in [0.1, 0.15) is 5.75 Å². The van der Waals surface area contributed by atoms with E-state index in [1.165, 1.54) is 11.3 Å². The van der Waals surface area contributed by atoms with Gasteiger partial charge in [-0.2, -0.15) is 0 Å². The van der Waals surface area contributed by atoms with Crippen molar-refractivity contribution in [1.82, 2.24) is 10.2 Å². The molecule has 0 aliphatic carbocycles. The number of nitrogens with zero attached hydrogens (tertiary/aromatic N) is 2. The smallest absolute Gasteiger partial charge is 0.320 e. The van der Waals surface area contributed by atoms with Gasteiger partial charge in [-0.1, -0.05) is 35.3 Å². The third kappa shape index (κ3) is 4.74. The van der Waals surface area contributed by atoms with Crippen molar-refractivity contribution < 1.29 is 9.53 Å². The lowest BCUT2D eigenvalue weighted by atomic mass is 10.2. The van der Waals surface area contributed by atoms with Crippen LogP contribution in [-0.2, 0) is 0 Å². The highest BCUT2D eigenvalue weighted by molar-refractivity contribution is 6.35. The van der Waals surface area contributed by atoms with Gasteiger partial charge in [-0.05, 0) is 42.8 Å². The molecule has 2 aromatic carbocycles. The number of hydrogen-bond donors (Lipinski definition) is 1. The summed E-state index contributed by atoms with van der Waals surface area (Å²) in [5, 5.41) is 3.72. The minimum atomic E-state index is -0.140. The molecule has 1 aliphatic rings. The fraction of sp³-hybridized carbons (Fsp3) is 0.316. The van der Waals surface area contributed by atoms with Gasteiger partial charge in [-0.25, -0.2) is 4.79 Å². The molecular weight excluding hydrogens is 373 g/mol. The van der Waals surface area contributed by atoms with Crippen molar-refractivity contribution in [3.63, 3.8) is 0 Å². The molecule has 1 saturated heterocycles. The molecule has 2 amide bonds. The Morgan fingerprint density at radius 3 is 2.58 bits per heavy atom. The van der Waals surface area contributed by atoms with Crippen molar-refractivity contribution in [3.05, 3.63) is 58.1 Å². The molecule has 0 bridgehead atoms. The molecule has 138 valence electrons. The zero-order valence-electron chi connectivity index (χ0n) is 14.5. The van der Waals surface area contributed by atoms with Crippen molar-refractivity contribution >= 4 is 34.9 Å². The fourth-order valence-corrected chi connectivity index (χ4v) is 3.34. The SMILES string of the molecule is Cc1cccc(N2CCN(C(=O)NCOc3ccc(Cl)cc3Cl)CC2)c1. The van der Waals surface area contributed by atoms with Gasteiger partial charge >= 0.3 is 6.03 Å². The normalized spacial score (nSPS) is 14.3. The number of halogens is 2. The summed E-state index contributed by atoms with van der Waals surface area (Å²) >= 11 is 11.9. The minimum Gasteiger partial charge on any atom is -0.472 e. The molecule has 0 atom stereocenters. The molecule has 26 heavy (non-hydrogen) atoms. The van der Waals surface area contributed by atoms with Crippen LogP contribution in [0.2, 0.25) is 10.0 Å². The quantitative estimate of drug-likeness (QED) is 0.792. The number of aryl methyl sites for hydroxylation is 1. The number of benzene rings is 2. The van der Waals surface area contributed by atoms with Crippen LogP contribution in [0.4, 0.5) is 10.5 Å². The Hall–Kier alpha value is -2.11. The third-order valence-corrected chi connectivity index (χ3v) is 4.81. The van der Waals surface area contributed by atoms with E-state index < -0.39 is 0 Å². The molecular formula is C19H21Cl2N3O2. The number of rotatable bonds is 4. The Bertz CT molecular complexity index is 777. The van der Waals surface area contributed by atoms with Crippen molar-refractivity contribution in [2.75, 3.05) is 37.8 Å². The van der Waals surface area contributed by atoms with Gasteiger partial charge < -0.3 is 19.9 Å². The second-order valence-corrected chi connectivity index (χ2v) is 7.00. The van der Waals surface area contributed by atoms with Gasteiger partial charge in [-0.3, -0.25) is 0 Å². The molecule has 7 heteroatoms. The van der Waals surface area contributed by atoms with E-state index in [1.807, 2.05) is 0 Å². The molecule has 1 N–H and O–H groups in total. The zero-order chi connectivity index (χ0) is 18.5. The summed E-state index contributed by atoms with van der Waals surface area (Å²) in [7, 11) is 0. The Morgan fingerprint density at radius 2 is 1.88 bits per heavy atom. The third-order valence-electron chi connectivity index (χ3n) is 4.28. The predicted molar refractivity (Wildman–Crippen MR) is 105 cm³/mol. The largest absolute Gasteiger partial charge is 0.472 e. The van der Waals surface area contributed by atoms with E-state index in [9.17, 15) is 4.79 Å². The van der Waals surface area contributed by atoms with E-state index in [4.69, 9.17) is 27.9 Å². The number of piperazine rings is 1. The van der Waals surface area contributed by atoms with Crippen molar-refractivity contribution in [1.29, 1.82) is 0 Å². The lowest BCUT2D eigenvalue weighted by molar-refractivity contribution is 0.181. The summed E-state index contributed by atoms with van der Waals surface area (Å²) in [5.41, 5.74) is 2.44. The van der Waals surface area contributed by atoms with Crippen LogP contribution >= 0.6 is 23.2 Å². The number of urea groups is 1. The predicted octanol–water partition coefficient (Wildman–Crippen LogP) is 4.17. The van der Waals surface area contributed by atoms with Crippen LogP contribution in [0.15, 0.2) is 42.5 Å². The average molecular weight is 394 g/mol. The molecule has 1 heterocycles. The summed E-state index contributed by atoms with van der Waals surface area (Å²) in [6.07, 6.45) is 0. The number of nitrogens with one attached hydrogen (secondary N) is 1. The average Bonchev–Trinajstić information content (AvgIpc) is 2.63. The van der Waals surface area contributed by atoms with Crippen molar-refractivity contribution in [2.24, 2.45) is 0 Å². The maximum atomic E-state index is 12.3. The van der Waals surface area contributed by atoms with Crippen LogP contribution in [-0.4, -0.2) is 43.8 Å². The maximum Gasteiger partial charge on any atom is 0.320 e. The lowest BCUT2D eigenvalue weighted by Crippen LogP contribution is -2.52. The fourth-order valence-electron chi connectivity index (χ4n) is 2.87. The van der Waals surface area contributed by atoms with E-state index in [1.54, 1.807) is 23.1 Å². The van der Waals surface area contributed by atoms with Crippen LogP contribution in [0.5, 0.6) is 5.75 Å². The Morgan fingerprint density at radius 1 is 1.12 bits per heavy atom. The number of hydrogen-bond acceptors (Lipinski definition) is 3. The minimum absolute atomic E-state index is 0.0538. The monoisotopic (exact) mass is 393 g/mol. The lowest BCUT2D eigenvalue weighted by Gasteiger charge is -2.36. The molecule has 0 radical (unpaired) electrons. The van der Waals surface area contributed by atoms with Gasteiger partial charge in [0.15, 0.2) is 6.73 Å². The first-order valence-corrected chi connectivity index (χ1v) is 9.21. The van der Waals surface area contributed by atoms with Gasteiger partial charge in [-0.15, -0.1) is 0 Å². The molecule has 0 unspecified atom stereocenters. The first-order valence-electron chi connectivity index (χ1n) is 8.45. The van der Waals surface area contributed by atoms with Crippen LogP contribution in [0, 0.1) is 6.92 Å². The molecule has 2 aromatic rings. The standard InChI is InChI=1S/C19H21Cl2N3O2/c1-14-3-2-4-16(11-14)23-7-9-24(10-8-23)19(25)22-13-26-18-6-5-15(20)12-17(18)21/h2-6,11-12H,7-10,13H2,1H3,(H,22,25). The van der Waals surface area contributed by atoms with Crippen molar-refractivity contribution in [3.8, 4) is 5.75 Å². The van der Waals surface area contributed by atoms with Crippen LogP contribution in [0.25, 0.3) is 0 Å². The number of anilines is 1. The van der Waals surface area contributed by atoms with E-state index >= 15 is 0 Å².